The number of furan rings is 1. The van der Waals surface area contributed by atoms with Crippen molar-refractivity contribution in [3.05, 3.63) is 95.5 Å². The summed E-state index contributed by atoms with van der Waals surface area (Å²) in [5.41, 5.74) is 2.94. The Hall–Kier alpha value is -4.23. The van der Waals surface area contributed by atoms with Gasteiger partial charge in [0, 0.05) is 22.4 Å². The molecule has 33 heavy (non-hydrogen) atoms. The number of aryl methyl sites for hydroxylation is 1. The molecule has 0 fully saturated rings. The van der Waals surface area contributed by atoms with Gasteiger partial charge in [-0.3, -0.25) is 4.79 Å². The number of benzene rings is 3. The molecule has 0 aliphatic carbocycles. The Bertz CT molecular complexity index is 1600. The van der Waals surface area contributed by atoms with Crippen LogP contribution in [0, 0.1) is 6.92 Å². The number of rotatable bonds is 4. The fraction of sp³-hybridized carbons (Fsp3) is 0.0385. The van der Waals surface area contributed by atoms with E-state index in [1.54, 1.807) is 4.68 Å². The van der Waals surface area contributed by atoms with Gasteiger partial charge in [-0.05, 0) is 35.9 Å². The van der Waals surface area contributed by atoms with Gasteiger partial charge in [0.15, 0.2) is 5.76 Å². The van der Waals surface area contributed by atoms with Crippen molar-refractivity contribution in [2.24, 2.45) is 0 Å². The van der Waals surface area contributed by atoms with Crippen LogP contribution >= 0.6 is 11.3 Å². The molecular weight excluding hydrogens is 432 g/mol. The minimum absolute atomic E-state index is 0.193. The van der Waals surface area contributed by atoms with Crippen LogP contribution in [0.15, 0.2) is 88.7 Å². The van der Waals surface area contributed by atoms with E-state index in [-0.39, 0.29) is 5.91 Å². The topological polar surface area (TPSA) is 73.0 Å². The maximum absolute atomic E-state index is 13.2. The van der Waals surface area contributed by atoms with Crippen LogP contribution in [0.1, 0.15) is 16.1 Å². The van der Waals surface area contributed by atoms with Gasteiger partial charge < -0.3 is 9.73 Å². The minimum atomic E-state index is -0.193. The first-order chi connectivity index (χ1) is 16.2. The molecule has 7 heteroatoms. The highest BCUT2D eigenvalue weighted by Crippen LogP contribution is 2.31. The molecule has 0 radical (unpaired) electrons. The van der Waals surface area contributed by atoms with Gasteiger partial charge in [0.05, 0.1) is 5.69 Å². The zero-order valence-corrected chi connectivity index (χ0v) is 18.5. The molecule has 3 heterocycles. The number of carbonyl (C=O) groups excluding carboxylic acids is 1. The molecule has 6 rings (SSSR count). The Kier molecular flexibility index (Phi) is 4.55. The van der Waals surface area contributed by atoms with Crippen LogP contribution in [-0.2, 0) is 0 Å². The van der Waals surface area contributed by atoms with E-state index < -0.39 is 0 Å². The van der Waals surface area contributed by atoms with Gasteiger partial charge in [-0.2, -0.15) is 9.78 Å². The van der Waals surface area contributed by atoms with Crippen LogP contribution in [0.3, 0.4) is 0 Å². The molecule has 6 aromatic rings. The Labute approximate surface area is 193 Å². The third kappa shape index (κ3) is 3.48. The Balaban J connectivity index is 1.34. The molecule has 1 N–H and O–H groups in total. The average molecular weight is 451 g/mol. The highest BCUT2D eigenvalue weighted by atomic mass is 32.1. The lowest BCUT2D eigenvalue weighted by Gasteiger charge is -2.09. The molecule has 0 unspecified atom stereocenters. The number of para-hydroxylation sites is 1. The number of thiazole rings is 1. The summed E-state index contributed by atoms with van der Waals surface area (Å²) < 4.78 is 7.61. The largest absolute Gasteiger partial charge is 0.454 e. The quantitative estimate of drug-likeness (QED) is 0.335. The normalized spacial score (nSPS) is 11.3. The number of amides is 1. The summed E-state index contributed by atoms with van der Waals surface area (Å²) in [6.45, 7) is 1.89. The summed E-state index contributed by atoms with van der Waals surface area (Å²) >= 11 is 1.44. The molecule has 3 aromatic carbocycles. The highest BCUT2D eigenvalue weighted by molar-refractivity contribution is 7.12. The number of anilines is 1. The zero-order chi connectivity index (χ0) is 22.4. The third-order valence-corrected chi connectivity index (χ3v) is 6.27. The lowest BCUT2D eigenvalue weighted by molar-refractivity contribution is 0.102. The number of nitrogens with one attached hydrogen (secondary N) is 1. The summed E-state index contributed by atoms with van der Waals surface area (Å²) in [6.07, 6.45) is 0. The molecule has 0 aliphatic rings. The second-order valence-electron chi connectivity index (χ2n) is 7.73. The molecule has 3 aromatic heterocycles. The lowest BCUT2D eigenvalue weighted by atomic mass is 10.0. The molecule has 0 atom stereocenters. The summed E-state index contributed by atoms with van der Waals surface area (Å²) in [5, 5.41) is 13.1. The molecule has 0 bridgehead atoms. The molecule has 0 aliphatic heterocycles. The van der Waals surface area contributed by atoms with Crippen molar-refractivity contribution in [2.45, 2.75) is 6.92 Å². The van der Waals surface area contributed by atoms with Crippen molar-refractivity contribution in [1.29, 1.82) is 0 Å². The molecule has 160 valence electrons. The molecule has 0 spiro atoms. The van der Waals surface area contributed by atoms with E-state index in [2.05, 4.69) is 10.4 Å². The molecular formula is C26H18N4O2S. The maximum Gasteiger partial charge on any atom is 0.257 e. The number of nitrogens with zero attached hydrogens (tertiary/aromatic N) is 3. The van der Waals surface area contributed by atoms with Crippen LogP contribution in [0.5, 0.6) is 0 Å². The predicted molar refractivity (Wildman–Crippen MR) is 131 cm³/mol. The van der Waals surface area contributed by atoms with Gasteiger partial charge in [-0.1, -0.05) is 54.6 Å². The van der Waals surface area contributed by atoms with Crippen LogP contribution in [-0.4, -0.2) is 20.7 Å². The average Bonchev–Trinajstić information content (AvgIpc) is 3.56. The second kappa shape index (κ2) is 7.72. The maximum atomic E-state index is 13.2. The Morgan fingerprint density at radius 3 is 2.64 bits per heavy atom. The summed E-state index contributed by atoms with van der Waals surface area (Å²) in [4.78, 5) is 17.9. The van der Waals surface area contributed by atoms with Gasteiger partial charge in [-0.15, -0.1) is 11.3 Å². The summed E-state index contributed by atoms with van der Waals surface area (Å²) in [6, 6.07) is 25.2. The molecule has 0 saturated carbocycles. The smallest absolute Gasteiger partial charge is 0.257 e. The van der Waals surface area contributed by atoms with E-state index in [0.29, 0.717) is 22.3 Å². The third-order valence-electron chi connectivity index (χ3n) is 5.46. The van der Waals surface area contributed by atoms with Crippen molar-refractivity contribution >= 4 is 44.8 Å². The number of hydrogen-bond acceptors (Lipinski definition) is 5. The van der Waals surface area contributed by atoms with Crippen LogP contribution in [0.25, 0.3) is 38.3 Å². The Morgan fingerprint density at radius 1 is 0.970 bits per heavy atom. The molecule has 0 saturated heterocycles. The molecule has 1 amide bonds. The van der Waals surface area contributed by atoms with Crippen molar-refractivity contribution in [3.8, 4) is 16.6 Å². The summed E-state index contributed by atoms with van der Waals surface area (Å²) in [5.74, 6) is 1.07. The number of aromatic nitrogens is 3. The standard InChI is InChI=1S/C26H18N4O2S/c1-16-13-24(28-25(31)20-11-6-9-17-7-2-4-10-19(17)20)30(29-16)26-27-21(15-33-26)23-14-18-8-3-5-12-22(18)32-23/h2-15H,1H3,(H,28,31). The number of fused-ring (bicyclic) bond motifs is 2. The first-order valence-corrected chi connectivity index (χ1v) is 11.3. The van der Waals surface area contributed by atoms with E-state index in [9.17, 15) is 4.79 Å². The van der Waals surface area contributed by atoms with Gasteiger partial charge in [-0.25, -0.2) is 4.98 Å². The number of hydrogen-bond donors (Lipinski definition) is 1. The fourth-order valence-electron chi connectivity index (χ4n) is 3.92. The van der Waals surface area contributed by atoms with E-state index in [1.165, 1.54) is 11.3 Å². The van der Waals surface area contributed by atoms with E-state index in [4.69, 9.17) is 9.40 Å². The monoisotopic (exact) mass is 450 g/mol. The summed E-state index contributed by atoms with van der Waals surface area (Å²) in [7, 11) is 0. The zero-order valence-electron chi connectivity index (χ0n) is 17.6. The van der Waals surface area contributed by atoms with Crippen molar-refractivity contribution in [2.75, 3.05) is 5.32 Å². The first kappa shape index (κ1) is 19.5. The van der Waals surface area contributed by atoms with Gasteiger partial charge >= 0.3 is 0 Å². The van der Waals surface area contributed by atoms with Crippen molar-refractivity contribution < 1.29 is 9.21 Å². The number of carbonyl (C=O) groups is 1. The fourth-order valence-corrected chi connectivity index (χ4v) is 4.70. The van der Waals surface area contributed by atoms with Crippen molar-refractivity contribution in [1.82, 2.24) is 14.8 Å². The van der Waals surface area contributed by atoms with Crippen LogP contribution in [0.2, 0.25) is 0 Å². The Morgan fingerprint density at radius 2 is 1.76 bits per heavy atom. The lowest BCUT2D eigenvalue weighted by Crippen LogP contribution is -2.15. The SMILES string of the molecule is Cc1cc(NC(=O)c2cccc3ccccc23)n(-c2nc(-c3cc4ccccc4o3)cs2)n1. The van der Waals surface area contributed by atoms with Crippen molar-refractivity contribution in [3.63, 3.8) is 0 Å². The first-order valence-electron chi connectivity index (χ1n) is 10.5. The van der Waals surface area contributed by atoms with E-state index >= 15 is 0 Å². The van der Waals surface area contributed by atoms with Gasteiger partial charge in [0.2, 0.25) is 5.13 Å². The van der Waals surface area contributed by atoms with E-state index in [1.807, 2.05) is 91.2 Å². The van der Waals surface area contributed by atoms with E-state index in [0.717, 1.165) is 33.1 Å². The molecule has 6 nitrogen and oxygen atoms in total. The van der Waals surface area contributed by atoms with Crippen LogP contribution in [0.4, 0.5) is 5.82 Å². The predicted octanol–water partition coefficient (Wildman–Crippen LogP) is 6.46. The second-order valence-corrected chi connectivity index (χ2v) is 8.56. The highest BCUT2D eigenvalue weighted by Gasteiger charge is 2.17. The minimum Gasteiger partial charge on any atom is -0.454 e. The van der Waals surface area contributed by atoms with Gasteiger partial charge in [0.1, 0.15) is 17.1 Å². The van der Waals surface area contributed by atoms with Gasteiger partial charge in [0.25, 0.3) is 5.91 Å². The van der Waals surface area contributed by atoms with Crippen LogP contribution < -0.4 is 5.32 Å².